The summed E-state index contributed by atoms with van der Waals surface area (Å²) in [6.07, 6.45) is 1.32. The fourth-order valence-electron chi connectivity index (χ4n) is 1.98. The second kappa shape index (κ2) is 5.97. The number of anilines is 1. The van der Waals surface area contributed by atoms with Gasteiger partial charge in [0.1, 0.15) is 0 Å². The molecule has 3 rings (SSSR count). The average molecular weight is 300 g/mol. The number of benzene rings is 2. The number of rotatable bonds is 4. The monoisotopic (exact) mass is 299 g/mol. The fraction of sp³-hybridized carbons (Fsp3) is 0.125. The summed E-state index contributed by atoms with van der Waals surface area (Å²) in [5, 5.41) is 11.7. The highest BCUT2D eigenvalue weighted by molar-refractivity contribution is 6.31. The molecule has 1 N–H and O–H groups in total. The molecular weight excluding hydrogens is 286 g/mol. The summed E-state index contributed by atoms with van der Waals surface area (Å²) in [5.41, 5.74) is 4.15. The molecular formula is C16H14ClN3O. The number of hydrogen-bond donors (Lipinski definition) is 1. The van der Waals surface area contributed by atoms with Gasteiger partial charge in [0, 0.05) is 22.8 Å². The standard InChI is InChI=1S/C16H14ClN3O/c1-11-2-3-12(8-15(11)17)9-18-14-6-4-13(5-7-14)16-20-19-10-21-16/h2-8,10,18H,9H2,1H3. The Morgan fingerprint density at radius 1 is 1.14 bits per heavy atom. The number of aryl methyl sites for hydroxylation is 1. The third-order valence-corrected chi connectivity index (χ3v) is 3.63. The molecule has 3 aromatic rings. The van der Waals surface area contributed by atoms with Crippen LogP contribution in [0.5, 0.6) is 0 Å². The third kappa shape index (κ3) is 3.23. The number of nitrogens with zero attached hydrogens (tertiary/aromatic N) is 2. The van der Waals surface area contributed by atoms with Gasteiger partial charge in [-0.15, -0.1) is 10.2 Å². The Labute approximate surface area is 127 Å². The number of halogens is 1. The van der Waals surface area contributed by atoms with E-state index in [1.807, 2.05) is 43.3 Å². The lowest BCUT2D eigenvalue weighted by Crippen LogP contribution is -1.99. The van der Waals surface area contributed by atoms with Crippen LogP contribution in [0, 0.1) is 6.92 Å². The van der Waals surface area contributed by atoms with E-state index in [1.54, 1.807) is 0 Å². The fourth-order valence-corrected chi connectivity index (χ4v) is 2.18. The van der Waals surface area contributed by atoms with Crippen molar-refractivity contribution in [1.29, 1.82) is 0 Å². The van der Waals surface area contributed by atoms with E-state index in [2.05, 4.69) is 21.6 Å². The SMILES string of the molecule is Cc1ccc(CNc2ccc(-c3nnco3)cc2)cc1Cl. The first-order valence-electron chi connectivity index (χ1n) is 6.58. The van der Waals surface area contributed by atoms with E-state index in [1.165, 1.54) is 6.39 Å². The first-order chi connectivity index (χ1) is 10.2. The van der Waals surface area contributed by atoms with E-state index in [-0.39, 0.29) is 0 Å². The zero-order valence-electron chi connectivity index (χ0n) is 11.5. The Balaban J connectivity index is 1.66. The van der Waals surface area contributed by atoms with Crippen molar-refractivity contribution >= 4 is 17.3 Å². The summed E-state index contributed by atoms with van der Waals surface area (Å²) in [4.78, 5) is 0. The Morgan fingerprint density at radius 2 is 1.95 bits per heavy atom. The minimum absolute atomic E-state index is 0.520. The predicted molar refractivity (Wildman–Crippen MR) is 83.2 cm³/mol. The Kier molecular flexibility index (Phi) is 3.88. The molecule has 1 aromatic heterocycles. The topological polar surface area (TPSA) is 51.0 Å². The highest BCUT2D eigenvalue weighted by atomic mass is 35.5. The van der Waals surface area contributed by atoms with Crippen LogP contribution in [0.1, 0.15) is 11.1 Å². The van der Waals surface area contributed by atoms with Gasteiger partial charge in [0.15, 0.2) is 0 Å². The molecule has 0 bridgehead atoms. The smallest absolute Gasteiger partial charge is 0.247 e. The molecule has 0 saturated carbocycles. The molecule has 0 fully saturated rings. The van der Waals surface area contributed by atoms with Gasteiger partial charge in [-0.3, -0.25) is 0 Å². The van der Waals surface area contributed by atoms with E-state index in [0.717, 1.165) is 33.9 Å². The molecule has 5 heteroatoms. The van der Waals surface area contributed by atoms with Gasteiger partial charge in [-0.1, -0.05) is 23.7 Å². The van der Waals surface area contributed by atoms with Gasteiger partial charge >= 0.3 is 0 Å². The van der Waals surface area contributed by atoms with Crippen molar-refractivity contribution in [2.24, 2.45) is 0 Å². The molecule has 0 amide bonds. The molecule has 0 aliphatic carbocycles. The van der Waals surface area contributed by atoms with Gasteiger partial charge in [0.05, 0.1) is 0 Å². The second-order valence-electron chi connectivity index (χ2n) is 4.76. The van der Waals surface area contributed by atoms with E-state index < -0.39 is 0 Å². The largest absolute Gasteiger partial charge is 0.423 e. The molecule has 0 spiro atoms. The maximum absolute atomic E-state index is 6.12. The highest BCUT2D eigenvalue weighted by Gasteiger charge is 2.03. The first kappa shape index (κ1) is 13.6. The van der Waals surface area contributed by atoms with Gasteiger partial charge < -0.3 is 9.73 Å². The van der Waals surface area contributed by atoms with Crippen LogP contribution in [0.3, 0.4) is 0 Å². The van der Waals surface area contributed by atoms with Gasteiger partial charge in [-0.05, 0) is 48.4 Å². The van der Waals surface area contributed by atoms with Crippen LogP contribution in [0.2, 0.25) is 5.02 Å². The maximum Gasteiger partial charge on any atom is 0.247 e. The lowest BCUT2D eigenvalue weighted by Gasteiger charge is -2.08. The van der Waals surface area contributed by atoms with Gasteiger partial charge in [-0.2, -0.15) is 0 Å². The van der Waals surface area contributed by atoms with Crippen molar-refractivity contribution in [3.05, 3.63) is 65.0 Å². The second-order valence-corrected chi connectivity index (χ2v) is 5.17. The van der Waals surface area contributed by atoms with Crippen molar-refractivity contribution < 1.29 is 4.42 Å². The highest BCUT2D eigenvalue weighted by Crippen LogP contribution is 2.20. The van der Waals surface area contributed by atoms with Crippen molar-refractivity contribution in [2.45, 2.75) is 13.5 Å². The third-order valence-electron chi connectivity index (χ3n) is 3.22. The molecule has 0 saturated heterocycles. The number of hydrogen-bond acceptors (Lipinski definition) is 4. The van der Waals surface area contributed by atoms with Gasteiger partial charge in [0.2, 0.25) is 12.3 Å². The van der Waals surface area contributed by atoms with Gasteiger partial charge in [-0.25, -0.2) is 0 Å². The van der Waals surface area contributed by atoms with Crippen LogP contribution in [0.4, 0.5) is 5.69 Å². The van der Waals surface area contributed by atoms with Gasteiger partial charge in [0.25, 0.3) is 0 Å². The van der Waals surface area contributed by atoms with E-state index >= 15 is 0 Å². The zero-order chi connectivity index (χ0) is 14.7. The van der Waals surface area contributed by atoms with Crippen LogP contribution in [0.15, 0.2) is 53.3 Å². The minimum atomic E-state index is 0.520. The molecule has 2 aromatic carbocycles. The van der Waals surface area contributed by atoms with Crippen LogP contribution in [-0.4, -0.2) is 10.2 Å². The number of nitrogens with one attached hydrogen (secondary N) is 1. The summed E-state index contributed by atoms with van der Waals surface area (Å²) in [6.45, 7) is 2.72. The number of aromatic nitrogens is 2. The zero-order valence-corrected chi connectivity index (χ0v) is 12.3. The van der Waals surface area contributed by atoms with Crippen LogP contribution < -0.4 is 5.32 Å². The molecule has 4 nitrogen and oxygen atoms in total. The van der Waals surface area contributed by atoms with Crippen LogP contribution in [0.25, 0.3) is 11.5 Å². The van der Waals surface area contributed by atoms with Crippen molar-refractivity contribution in [3.8, 4) is 11.5 Å². The Hall–Kier alpha value is -2.33. The molecule has 0 aliphatic heterocycles. The Morgan fingerprint density at radius 3 is 2.62 bits per heavy atom. The lowest BCUT2D eigenvalue weighted by molar-refractivity contribution is 0.568. The lowest BCUT2D eigenvalue weighted by atomic mass is 10.1. The minimum Gasteiger partial charge on any atom is -0.423 e. The van der Waals surface area contributed by atoms with E-state index in [9.17, 15) is 0 Å². The maximum atomic E-state index is 6.12. The summed E-state index contributed by atoms with van der Waals surface area (Å²) in [7, 11) is 0. The molecule has 106 valence electrons. The van der Waals surface area contributed by atoms with E-state index in [0.29, 0.717) is 5.89 Å². The predicted octanol–water partition coefficient (Wildman–Crippen LogP) is 4.31. The van der Waals surface area contributed by atoms with E-state index in [4.69, 9.17) is 16.0 Å². The summed E-state index contributed by atoms with van der Waals surface area (Å²) in [6, 6.07) is 13.9. The summed E-state index contributed by atoms with van der Waals surface area (Å²) in [5.74, 6) is 0.520. The molecule has 0 unspecified atom stereocenters. The summed E-state index contributed by atoms with van der Waals surface area (Å²) < 4.78 is 5.16. The normalized spacial score (nSPS) is 10.6. The Bertz CT molecular complexity index is 724. The average Bonchev–Trinajstić information content (AvgIpc) is 3.03. The molecule has 0 radical (unpaired) electrons. The first-order valence-corrected chi connectivity index (χ1v) is 6.96. The van der Waals surface area contributed by atoms with Crippen LogP contribution >= 0.6 is 11.6 Å². The van der Waals surface area contributed by atoms with Crippen molar-refractivity contribution in [1.82, 2.24) is 10.2 Å². The van der Waals surface area contributed by atoms with Crippen LogP contribution in [-0.2, 0) is 6.54 Å². The molecule has 21 heavy (non-hydrogen) atoms. The molecule has 0 atom stereocenters. The summed E-state index contributed by atoms with van der Waals surface area (Å²) >= 11 is 6.12. The molecule has 0 aliphatic rings. The molecule has 1 heterocycles. The van der Waals surface area contributed by atoms with Crippen molar-refractivity contribution in [2.75, 3.05) is 5.32 Å². The van der Waals surface area contributed by atoms with Crippen molar-refractivity contribution in [3.63, 3.8) is 0 Å². The quantitative estimate of drug-likeness (QED) is 0.780.